The van der Waals surface area contributed by atoms with Crippen LogP contribution in [-0.4, -0.2) is 37.6 Å². The highest BCUT2D eigenvalue weighted by Crippen LogP contribution is 2.30. The van der Waals surface area contributed by atoms with E-state index >= 15 is 0 Å². The minimum absolute atomic E-state index is 0.204. The monoisotopic (exact) mass is 389 g/mol. The van der Waals surface area contributed by atoms with E-state index < -0.39 is 24.7 Å². The Labute approximate surface area is 152 Å². The van der Waals surface area contributed by atoms with Gasteiger partial charge in [-0.15, -0.1) is 11.3 Å². The number of carbonyl (C=O) groups excluding carboxylic acids is 1. The zero-order valence-corrected chi connectivity index (χ0v) is 15.2. The Bertz CT molecular complexity index is 648. The highest BCUT2D eigenvalue weighted by atomic mass is 32.2. The summed E-state index contributed by atoms with van der Waals surface area (Å²) < 4.78 is 43.8. The lowest BCUT2D eigenvalue weighted by molar-refractivity contribution is -0.143. The summed E-state index contributed by atoms with van der Waals surface area (Å²) in [6.07, 6.45) is -4.42. The van der Waals surface area contributed by atoms with Crippen LogP contribution >= 0.6 is 23.1 Å². The van der Waals surface area contributed by atoms with Crippen LogP contribution in [0.2, 0.25) is 0 Å². The number of hydrogen-bond acceptors (Lipinski definition) is 5. The van der Waals surface area contributed by atoms with E-state index in [9.17, 15) is 18.0 Å². The van der Waals surface area contributed by atoms with Crippen LogP contribution in [0.3, 0.4) is 0 Å². The number of halogens is 3. The van der Waals surface area contributed by atoms with Crippen LogP contribution in [0.25, 0.3) is 0 Å². The number of hydrogen-bond donors (Lipinski definition) is 0. The Morgan fingerprint density at radius 2 is 1.96 bits per heavy atom. The first-order valence-corrected chi connectivity index (χ1v) is 9.50. The second-order valence-corrected chi connectivity index (χ2v) is 7.19. The Morgan fingerprint density at radius 3 is 2.52 bits per heavy atom. The maximum Gasteiger partial charge on any atom is 0.405 e. The minimum Gasteiger partial charge on any atom is -0.467 e. The molecule has 1 heterocycles. The maximum atomic E-state index is 13.0. The Hall–Kier alpha value is -1.67. The number of rotatable bonds is 8. The summed E-state index contributed by atoms with van der Waals surface area (Å²) in [5.41, 5.74) is 1.05. The van der Waals surface area contributed by atoms with Gasteiger partial charge in [0.2, 0.25) is 0 Å². The molecule has 8 heteroatoms. The number of benzene rings is 1. The predicted molar refractivity (Wildman–Crippen MR) is 96.1 cm³/mol. The van der Waals surface area contributed by atoms with Crippen LogP contribution in [0, 0.1) is 0 Å². The second-order valence-electron chi connectivity index (χ2n) is 5.23. The molecule has 0 aliphatic rings. The molecule has 0 fully saturated rings. The minimum atomic E-state index is -4.42. The van der Waals surface area contributed by atoms with Gasteiger partial charge in [-0.25, -0.2) is 4.79 Å². The van der Waals surface area contributed by atoms with E-state index in [1.807, 2.05) is 30.3 Å². The van der Waals surface area contributed by atoms with Crippen molar-refractivity contribution in [2.45, 2.75) is 18.0 Å². The fourth-order valence-corrected chi connectivity index (χ4v) is 4.12. The van der Waals surface area contributed by atoms with Crippen LogP contribution < -0.4 is 4.90 Å². The van der Waals surface area contributed by atoms with Crippen LogP contribution in [0.5, 0.6) is 0 Å². The standard InChI is InChI=1S/C17H18F3NO2S2/c1-23-16(22)14(11-24-10-13-6-3-2-4-7-13)21(12-17(18,19)20)15-8-5-9-25-15/h2-9,14H,10-12H2,1H3/t14-/m0/s1. The molecule has 1 aromatic carbocycles. The van der Waals surface area contributed by atoms with Crippen LogP contribution in [0.1, 0.15) is 5.56 Å². The third-order valence-corrected chi connectivity index (χ3v) is 5.37. The zero-order valence-electron chi connectivity index (χ0n) is 13.5. The Morgan fingerprint density at radius 1 is 1.24 bits per heavy atom. The highest BCUT2D eigenvalue weighted by molar-refractivity contribution is 7.98. The van der Waals surface area contributed by atoms with Gasteiger partial charge < -0.3 is 9.64 Å². The van der Waals surface area contributed by atoms with Crippen molar-refractivity contribution in [3.63, 3.8) is 0 Å². The number of carbonyl (C=O) groups is 1. The molecule has 0 aliphatic heterocycles. The smallest absolute Gasteiger partial charge is 0.405 e. The van der Waals surface area contributed by atoms with E-state index in [4.69, 9.17) is 4.74 Å². The first kappa shape index (κ1) is 19.7. The SMILES string of the molecule is COC(=O)[C@H](CSCc1ccccc1)N(CC(F)(F)F)c1cccs1. The number of thioether (sulfide) groups is 1. The number of ether oxygens (including phenoxy) is 1. The van der Waals surface area contributed by atoms with Crippen LogP contribution in [0.15, 0.2) is 47.8 Å². The lowest BCUT2D eigenvalue weighted by atomic mass is 10.2. The molecule has 0 bridgehead atoms. The van der Waals surface area contributed by atoms with E-state index in [1.54, 1.807) is 17.5 Å². The van der Waals surface area contributed by atoms with Crippen molar-refractivity contribution in [3.8, 4) is 0 Å². The molecule has 2 rings (SSSR count). The average molecular weight is 389 g/mol. The van der Waals surface area contributed by atoms with Gasteiger partial charge in [0, 0.05) is 11.5 Å². The number of methoxy groups -OCH3 is 1. The molecule has 136 valence electrons. The number of thiophene rings is 1. The molecule has 0 radical (unpaired) electrons. The first-order chi connectivity index (χ1) is 11.9. The van der Waals surface area contributed by atoms with Crippen molar-refractivity contribution in [1.82, 2.24) is 0 Å². The average Bonchev–Trinajstić information content (AvgIpc) is 3.11. The number of anilines is 1. The number of esters is 1. The maximum absolute atomic E-state index is 13.0. The van der Waals surface area contributed by atoms with E-state index in [0.29, 0.717) is 10.8 Å². The number of alkyl halides is 3. The summed E-state index contributed by atoms with van der Waals surface area (Å²) in [5.74, 6) is 0.145. The van der Waals surface area contributed by atoms with E-state index in [-0.39, 0.29) is 5.75 Å². The third-order valence-electron chi connectivity index (χ3n) is 3.38. The molecule has 1 atom stereocenters. The van der Waals surface area contributed by atoms with Gasteiger partial charge in [-0.05, 0) is 23.1 Å². The Balaban J connectivity index is 2.13. The second kappa shape index (κ2) is 9.15. The summed E-state index contributed by atoms with van der Waals surface area (Å²) in [5, 5.41) is 2.08. The fourth-order valence-electron chi connectivity index (χ4n) is 2.25. The molecule has 0 saturated carbocycles. The third kappa shape index (κ3) is 6.28. The van der Waals surface area contributed by atoms with Gasteiger partial charge in [-0.3, -0.25) is 0 Å². The van der Waals surface area contributed by atoms with Gasteiger partial charge in [-0.2, -0.15) is 24.9 Å². The van der Waals surface area contributed by atoms with Crippen molar-refractivity contribution in [2.75, 3.05) is 24.3 Å². The Kier molecular flexibility index (Phi) is 7.19. The molecule has 0 spiro atoms. The van der Waals surface area contributed by atoms with E-state index in [1.165, 1.54) is 30.2 Å². The lowest BCUT2D eigenvalue weighted by Gasteiger charge is -2.31. The molecule has 0 aliphatic carbocycles. The topological polar surface area (TPSA) is 29.5 Å². The molecule has 1 aromatic heterocycles. The molecular formula is C17H18F3NO2S2. The highest BCUT2D eigenvalue weighted by Gasteiger charge is 2.37. The van der Waals surface area contributed by atoms with Crippen LogP contribution in [0.4, 0.5) is 18.2 Å². The van der Waals surface area contributed by atoms with E-state index in [2.05, 4.69) is 0 Å². The fraction of sp³-hybridized carbons (Fsp3) is 0.353. The predicted octanol–water partition coefficient (Wildman–Crippen LogP) is 4.59. The van der Waals surface area contributed by atoms with Crippen molar-refractivity contribution < 1.29 is 22.7 Å². The molecule has 3 nitrogen and oxygen atoms in total. The van der Waals surface area contributed by atoms with Gasteiger partial charge in [0.15, 0.2) is 0 Å². The van der Waals surface area contributed by atoms with Crippen molar-refractivity contribution in [1.29, 1.82) is 0 Å². The lowest BCUT2D eigenvalue weighted by Crippen LogP contribution is -2.48. The summed E-state index contributed by atoms with van der Waals surface area (Å²) in [4.78, 5) is 13.2. The number of nitrogens with zero attached hydrogens (tertiary/aromatic N) is 1. The summed E-state index contributed by atoms with van der Waals surface area (Å²) in [6.45, 7) is -1.20. The van der Waals surface area contributed by atoms with Crippen LogP contribution in [-0.2, 0) is 15.3 Å². The molecule has 0 amide bonds. The summed E-state index contributed by atoms with van der Waals surface area (Å²) >= 11 is 2.57. The summed E-state index contributed by atoms with van der Waals surface area (Å²) in [6, 6.07) is 11.8. The largest absolute Gasteiger partial charge is 0.467 e. The molecule has 25 heavy (non-hydrogen) atoms. The molecule has 0 saturated heterocycles. The molecule has 0 N–H and O–H groups in total. The van der Waals surface area contributed by atoms with Crippen molar-refractivity contribution in [3.05, 3.63) is 53.4 Å². The normalized spacial score (nSPS) is 12.6. The van der Waals surface area contributed by atoms with Gasteiger partial charge in [-0.1, -0.05) is 30.3 Å². The van der Waals surface area contributed by atoms with Crippen molar-refractivity contribution in [2.24, 2.45) is 0 Å². The van der Waals surface area contributed by atoms with E-state index in [0.717, 1.165) is 10.5 Å². The molecule has 0 unspecified atom stereocenters. The van der Waals surface area contributed by atoms with Gasteiger partial charge in [0.05, 0.1) is 12.1 Å². The van der Waals surface area contributed by atoms with Gasteiger partial charge in [0.1, 0.15) is 12.6 Å². The molecule has 2 aromatic rings. The van der Waals surface area contributed by atoms with Crippen molar-refractivity contribution >= 4 is 34.1 Å². The molecular weight excluding hydrogens is 371 g/mol. The zero-order chi connectivity index (χ0) is 18.3. The summed E-state index contributed by atoms with van der Waals surface area (Å²) in [7, 11) is 1.19. The van der Waals surface area contributed by atoms with Gasteiger partial charge in [0.25, 0.3) is 0 Å². The quantitative estimate of drug-likeness (QED) is 0.618. The first-order valence-electron chi connectivity index (χ1n) is 7.47. The van der Waals surface area contributed by atoms with Gasteiger partial charge >= 0.3 is 12.1 Å².